The van der Waals surface area contributed by atoms with Gasteiger partial charge in [0, 0.05) is 22.7 Å². The van der Waals surface area contributed by atoms with Gasteiger partial charge in [-0.25, -0.2) is 0 Å². The third kappa shape index (κ3) is 4.11. The topological polar surface area (TPSA) is 49.4 Å². The number of benzene rings is 1. The van der Waals surface area contributed by atoms with E-state index in [1.54, 1.807) is 18.2 Å². The molecule has 0 radical (unpaired) electrons. The van der Waals surface area contributed by atoms with Crippen LogP contribution in [-0.4, -0.2) is 42.0 Å². The smallest absolute Gasteiger partial charge is 0.349 e. The summed E-state index contributed by atoms with van der Waals surface area (Å²) in [5.41, 5.74) is 0.539. The van der Waals surface area contributed by atoms with Crippen molar-refractivity contribution in [2.75, 3.05) is 13.1 Å². The highest BCUT2D eigenvalue weighted by Crippen LogP contribution is 2.22. The Morgan fingerprint density at radius 2 is 1.77 bits per heavy atom. The maximum Gasteiger partial charge on any atom is 0.471 e. The van der Waals surface area contributed by atoms with Gasteiger partial charge in [0.05, 0.1) is 5.56 Å². The molecule has 1 N–H and O–H groups in total. The van der Waals surface area contributed by atoms with Gasteiger partial charge in [0.15, 0.2) is 0 Å². The Hall–Kier alpha value is -1.32. The first-order valence-corrected chi connectivity index (χ1v) is 7.78. The summed E-state index contributed by atoms with van der Waals surface area (Å²) in [6, 6.07) is 6.85. The first-order valence-electron chi connectivity index (χ1n) is 6.70. The molecule has 0 aliphatic carbocycles. The van der Waals surface area contributed by atoms with E-state index in [0.717, 1.165) is 8.47 Å². The van der Waals surface area contributed by atoms with Gasteiger partial charge in [-0.2, -0.15) is 13.2 Å². The van der Waals surface area contributed by atoms with Crippen molar-refractivity contribution in [2.24, 2.45) is 0 Å². The van der Waals surface area contributed by atoms with Crippen LogP contribution in [0.1, 0.15) is 23.2 Å². The molecule has 2 amide bonds. The van der Waals surface area contributed by atoms with Crippen LogP contribution in [0.2, 0.25) is 0 Å². The van der Waals surface area contributed by atoms with Crippen LogP contribution in [0.5, 0.6) is 0 Å². The molecule has 1 fully saturated rings. The van der Waals surface area contributed by atoms with E-state index in [2.05, 4.69) is 27.9 Å². The molecular weight excluding hydrogens is 412 g/mol. The minimum atomic E-state index is -4.84. The standard InChI is InChI=1S/C14H14F3IN2O2/c15-14(16,17)13(22)20-7-5-9(6-8-20)19-12(21)10-3-1-2-4-11(10)18/h1-4,9H,5-8H2,(H,19,21). The molecule has 1 saturated heterocycles. The number of amides is 2. The number of likely N-dealkylation sites (tertiary alicyclic amines) is 1. The summed E-state index contributed by atoms with van der Waals surface area (Å²) in [7, 11) is 0. The number of hydrogen-bond donors (Lipinski definition) is 1. The number of carbonyl (C=O) groups excluding carboxylic acids is 2. The van der Waals surface area contributed by atoms with Crippen LogP contribution in [0.4, 0.5) is 13.2 Å². The van der Waals surface area contributed by atoms with E-state index in [9.17, 15) is 22.8 Å². The molecule has 1 aliphatic heterocycles. The number of rotatable bonds is 2. The average molecular weight is 426 g/mol. The minimum absolute atomic E-state index is 0.00479. The minimum Gasteiger partial charge on any atom is -0.349 e. The number of carbonyl (C=O) groups is 2. The fourth-order valence-electron chi connectivity index (χ4n) is 2.31. The summed E-state index contributed by atoms with van der Waals surface area (Å²) >= 11 is 2.05. The summed E-state index contributed by atoms with van der Waals surface area (Å²) in [5.74, 6) is -2.06. The fraction of sp³-hybridized carbons (Fsp3) is 0.429. The van der Waals surface area contributed by atoms with Crippen LogP contribution in [-0.2, 0) is 4.79 Å². The van der Waals surface area contributed by atoms with E-state index in [-0.39, 0.29) is 25.0 Å². The molecule has 1 aromatic rings. The maximum atomic E-state index is 12.3. The van der Waals surface area contributed by atoms with Gasteiger partial charge in [0.25, 0.3) is 5.91 Å². The predicted molar refractivity (Wildman–Crippen MR) is 82.3 cm³/mol. The van der Waals surface area contributed by atoms with Gasteiger partial charge in [-0.3, -0.25) is 9.59 Å². The molecular formula is C14H14F3IN2O2. The first-order chi connectivity index (χ1) is 10.3. The molecule has 0 saturated carbocycles. The first kappa shape index (κ1) is 17.0. The van der Waals surface area contributed by atoms with Gasteiger partial charge in [-0.1, -0.05) is 12.1 Å². The van der Waals surface area contributed by atoms with Gasteiger partial charge in [-0.15, -0.1) is 0 Å². The lowest BCUT2D eigenvalue weighted by Gasteiger charge is -2.32. The molecule has 0 spiro atoms. The molecule has 2 rings (SSSR count). The third-order valence-corrected chi connectivity index (χ3v) is 4.42. The van der Waals surface area contributed by atoms with Crippen molar-refractivity contribution in [3.8, 4) is 0 Å². The van der Waals surface area contributed by atoms with Crippen LogP contribution in [0.15, 0.2) is 24.3 Å². The zero-order valence-corrected chi connectivity index (χ0v) is 13.6. The Balaban J connectivity index is 1.89. The lowest BCUT2D eigenvalue weighted by atomic mass is 10.0. The van der Waals surface area contributed by atoms with Crippen molar-refractivity contribution in [1.29, 1.82) is 0 Å². The third-order valence-electron chi connectivity index (χ3n) is 3.48. The van der Waals surface area contributed by atoms with Crippen molar-refractivity contribution >= 4 is 34.4 Å². The number of nitrogens with zero attached hydrogens (tertiary/aromatic N) is 1. The van der Waals surface area contributed by atoms with E-state index in [4.69, 9.17) is 0 Å². The van der Waals surface area contributed by atoms with Crippen LogP contribution in [0, 0.1) is 3.57 Å². The molecule has 1 heterocycles. The van der Waals surface area contributed by atoms with Crippen LogP contribution < -0.4 is 5.32 Å². The lowest BCUT2D eigenvalue weighted by molar-refractivity contribution is -0.186. The number of nitrogens with one attached hydrogen (secondary N) is 1. The van der Waals surface area contributed by atoms with Gasteiger partial charge < -0.3 is 10.2 Å². The monoisotopic (exact) mass is 426 g/mol. The number of halogens is 4. The maximum absolute atomic E-state index is 12.3. The highest BCUT2D eigenvalue weighted by molar-refractivity contribution is 14.1. The number of alkyl halides is 3. The van der Waals surface area contributed by atoms with E-state index in [1.807, 2.05) is 6.07 Å². The lowest BCUT2D eigenvalue weighted by Crippen LogP contribution is -2.50. The van der Waals surface area contributed by atoms with E-state index >= 15 is 0 Å². The van der Waals surface area contributed by atoms with Crippen molar-refractivity contribution in [3.05, 3.63) is 33.4 Å². The Bertz CT molecular complexity index is 569. The van der Waals surface area contributed by atoms with Gasteiger partial charge in [-0.05, 0) is 47.6 Å². The zero-order valence-electron chi connectivity index (χ0n) is 11.5. The van der Waals surface area contributed by atoms with E-state index < -0.39 is 12.1 Å². The van der Waals surface area contributed by atoms with Crippen molar-refractivity contribution in [3.63, 3.8) is 0 Å². The summed E-state index contributed by atoms with van der Waals surface area (Å²) in [6.45, 7) is -0.00958. The zero-order chi connectivity index (χ0) is 16.3. The number of piperidine rings is 1. The van der Waals surface area contributed by atoms with E-state index in [0.29, 0.717) is 18.4 Å². The molecule has 4 nitrogen and oxygen atoms in total. The highest BCUT2D eigenvalue weighted by atomic mass is 127. The Morgan fingerprint density at radius 1 is 1.18 bits per heavy atom. The van der Waals surface area contributed by atoms with Crippen LogP contribution in [0.25, 0.3) is 0 Å². The van der Waals surface area contributed by atoms with Crippen molar-refractivity contribution in [2.45, 2.75) is 25.1 Å². The van der Waals surface area contributed by atoms with Gasteiger partial charge in [0.2, 0.25) is 0 Å². The molecule has 1 aliphatic rings. The van der Waals surface area contributed by atoms with Crippen molar-refractivity contribution in [1.82, 2.24) is 10.2 Å². The summed E-state index contributed by atoms with van der Waals surface area (Å²) in [4.78, 5) is 24.0. The van der Waals surface area contributed by atoms with Crippen LogP contribution in [0.3, 0.4) is 0 Å². The molecule has 0 atom stereocenters. The Morgan fingerprint density at radius 3 is 2.32 bits per heavy atom. The normalized spacial score (nSPS) is 16.5. The molecule has 120 valence electrons. The quantitative estimate of drug-likeness (QED) is 0.740. The van der Waals surface area contributed by atoms with Crippen molar-refractivity contribution < 1.29 is 22.8 Å². The summed E-state index contributed by atoms with van der Waals surface area (Å²) < 4.78 is 37.8. The highest BCUT2D eigenvalue weighted by Gasteiger charge is 2.43. The largest absolute Gasteiger partial charge is 0.471 e. The molecule has 8 heteroatoms. The summed E-state index contributed by atoms with van der Waals surface area (Å²) in [5, 5.41) is 2.81. The predicted octanol–water partition coefficient (Wildman–Crippen LogP) is 2.57. The Labute approximate surface area is 139 Å². The number of hydrogen-bond acceptors (Lipinski definition) is 2. The van der Waals surface area contributed by atoms with Crippen LogP contribution >= 0.6 is 22.6 Å². The average Bonchev–Trinajstić information content (AvgIpc) is 2.46. The summed E-state index contributed by atoms with van der Waals surface area (Å²) in [6.07, 6.45) is -4.20. The van der Waals surface area contributed by atoms with Gasteiger partial charge in [0.1, 0.15) is 0 Å². The molecule has 1 aromatic carbocycles. The molecule has 0 bridgehead atoms. The SMILES string of the molecule is O=C(NC1CCN(C(=O)C(F)(F)F)CC1)c1ccccc1I. The molecule has 0 aromatic heterocycles. The fourth-order valence-corrected chi connectivity index (χ4v) is 2.95. The van der Waals surface area contributed by atoms with E-state index in [1.165, 1.54) is 0 Å². The second-order valence-corrected chi connectivity index (χ2v) is 6.18. The molecule has 22 heavy (non-hydrogen) atoms. The molecule has 0 unspecified atom stereocenters. The van der Waals surface area contributed by atoms with Gasteiger partial charge >= 0.3 is 12.1 Å². The second-order valence-electron chi connectivity index (χ2n) is 5.02. The Kier molecular flexibility index (Phi) is 5.30. The second kappa shape index (κ2) is 6.84.